The molecule has 3 heterocycles. The van der Waals surface area contributed by atoms with Crippen LogP contribution >= 0.6 is 0 Å². The average Bonchev–Trinajstić information content (AvgIpc) is 0.908. The molecular weight excluding hydrogens is 1260 g/mol. The summed E-state index contributed by atoms with van der Waals surface area (Å²) in [6.45, 7) is 9.63. The van der Waals surface area contributed by atoms with E-state index in [-0.39, 0.29) is 111 Å². The summed E-state index contributed by atoms with van der Waals surface area (Å²) in [6.07, 6.45) is 16.3. The molecule has 89 heavy (non-hydrogen) atoms. The fraction of sp³-hybridized carbons (Fsp3) is 0.192. The zero-order valence-corrected chi connectivity index (χ0v) is 52.2. The Labute approximate surface area is 559 Å². The van der Waals surface area contributed by atoms with Crippen LogP contribution in [-0.2, 0) is 12.8 Å². The maximum absolute atomic E-state index is 11.8. The predicted molar refractivity (Wildman–Crippen MR) is 339 cm³/mol. The summed E-state index contributed by atoms with van der Waals surface area (Å²) in [5.74, 6) is 1.35. The number of nitrogens with zero attached hydrogens (tertiary/aromatic N) is 4. The minimum Gasteiger partial charge on any atom is -0.872 e. The second-order valence-electron chi connectivity index (χ2n) is 22.7. The molecule has 2 fully saturated rings. The number of aromatic nitrogens is 4. The van der Waals surface area contributed by atoms with Crippen molar-refractivity contribution in [1.29, 1.82) is 0 Å². The van der Waals surface area contributed by atoms with Gasteiger partial charge in [0.2, 0.25) is 0 Å². The summed E-state index contributed by atoms with van der Waals surface area (Å²) in [7, 11) is 0. The van der Waals surface area contributed by atoms with Crippen molar-refractivity contribution in [3.63, 3.8) is 0 Å². The first-order valence-electron chi connectivity index (χ1n) is 28.0. The van der Waals surface area contributed by atoms with Crippen molar-refractivity contribution in [1.82, 2.24) is 19.9 Å². The van der Waals surface area contributed by atoms with E-state index in [2.05, 4.69) is 52.2 Å². The summed E-state index contributed by atoms with van der Waals surface area (Å²) in [6, 6.07) is 57.0. The number of hydrogen-bond acceptors (Lipinski definition) is 10. The first kappa shape index (κ1) is 73.2. The van der Waals surface area contributed by atoms with E-state index in [1.54, 1.807) is 146 Å². The van der Waals surface area contributed by atoms with Gasteiger partial charge in [-0.05, 0) is 129 Å². The SMILES string of the molecule is CC1(C)[C@@H]2Cc3cc(-c4cnc(-c5cc6c(cn5)[C@H]5C[C@@H](C6)C5(C)C)cn4)ncc3[C@H]1C2.O.O.O.O.O.O=C(/C=C(\[O-])c1ccccc1)c1ccccc1.O=C(/C=C(\[O-])c1ccccc1)c1ccccc1.O=C(/C=C(\[O-])c1ccccc1)c1ccccc1.[Eu+3]. The number of allylic oxidation sites excluding steroid dienone is 3. The molecule has 6 aliphatic rings. The van der Waals surface area contributed by atoms with Crippen molar-refractivity contribution in [2.24, 2.45) is 22.7 Å². The van der Waals surface area contributed by atoms with Gasteiger partial charge in [0.15, 0.2) is 17.3 Å². The normalized spacial score (nSPS) is 17.1. The molecule has 10 N–H and O–H groups in total. The zero-order chi connectivity index (χ0) is 58.1. The maximum atomic E-state index is 11.8. The first-order valence-corrected chi connectivity index (χ1v) is 28.0. The summed E-state index contributed by atoms with van der Waals surface area (Å²) in [5, 5.41) is 35.3. The second-order valence-corrected chi connectivity index (χ2v) is 22.7. The maximum Gasteiger partial charge on any atom is 3.00 e. The van der Waals surface area contributed by atoms with Crippen LogP contribution in [0.15, 0.2) is 237 Å². The standard InChI is InChI=1S/C28H30N4.3C15H12O2.Eu.5H2O/c1-27(2)17-5-15-7-23(29-11-19(15)21(27)9-17)25-13-32-26(14-31-25)24-8-16-6-18-10-22(28(18,3)4)20(16)12-30-24;3*16-14(12-7-3-1-4-8-12)11-15(17)13-9-5-2-6-10-13;;;;;;/h7-8,11-14,17-18,21-22H,5-6,9-10H2,1-4H3;3*1-11,16H;;5*1H2/q;;;;+3;;;;;/p-3/b;3*14-11-;;;;;;/t17-,18-,21-,22-;;;;;;;;;/m1........./s1. The molecule has 9 aromatic rings. The molecule has 4 atom stereocenters. The Hall–Kier alpha value is -8.29. The van der Waals surface area contributed by atoms with Gasteiger partial charge in [-0.1, -0.05) is 227 Å². The number of benzene rings is 6. The third-order valence-electron chi connectivity index (χ3n) is 17.0. The first-order chi connectivity index (χ1) is 40.1. The quantitative estimate of drug-likeness (QED) is 0.0673. The number of carbonyl (C=O) groups excluding carboxylic acids is 3. The van der Waals surface area contributed by atoms with Gasteiger partial charge in [-0.25, -0.2) is 0 Å². The van der Waals surface area contributed by atoms with E-state index in [9.17, 15) is 29.7 Å². The molecule has 0 aliphatic heterocycles. The van der Waals surface area contributed by atoms with Gasteiger partial charge < -0.3 is 42.7 Å². The summed E-state index contributed by atoms with van der Waals surface area (Å²) in [5.41, 5.74) is 13.4. The van der Waals surface area contributed by atoms with E-state index in [1.165, 1.54) is 35.1 Å². The van der Waals surface area contributed by atoms with E-state index in [0.29, 0.717) is 56.0 Å². The van der Waals surface area contributed by atoms with Crippen LogP contribution in [-0.4, -0.2) is 64.7 Å². The number of ketones is 3. The van der Waals surface area contributed by atoms with E-state index >= 15 is 0 Å². The molecule has 0 spiro atoms. The van der Waals surface area contributed by atoms with Crippen LogP contribution in [0.5, 0.6) is 0 Å². The van der Waals surface area contributed by atoms with Gasteiger partial charge in [0.25, 0.3) is 0 Å². The topological polar surface area (TPSA) is 329 Å². The molecule has 2 saturated carbocycles. The molecule has 15 rings (SSSR count). The van der Waals surface area contributed by atoms with Crippen molar-refractivity contribution in [2.75, 3.05) is 0 Å². The molecule has 15 nitrogen and oxygen atoms in total. The smallest absolute Gasteiger partial charge is 0.872 e. The predicted octanol–water partition coefficient (Wildman–Crippen LogP) is 8.66. The fourth-order valence-corrected chi connectivity index (χ4v) is 11.7. The van der Waals surface area contributed by atoms with Crippen molar-refractivity contribution in [2.45, 2.75) is 65.2 Å². The monoisotopic (exact) mass is 1330 g/mol. The van der Waals surface area contributed by atoms with Gasteiger partial charge in [0, 0.05) is 29.1 Å². The zero-order valence-electron chi connectivity index (χ0n) is 49.8. The largest absolute Gasteiger partial charge is 3.00 e. The fourth-order valence-electron chi connectivity index (χ4n) is 11.7. The minimum atomic E-state index is -0.264. The molecule has 0 amide bonds. The summed E-state index contributed by atoms with van der Waals surface area (Å²) < 4.78 is 0. The molecule has 6 aliphatic carbocycles. The van der Waals surface area contributed by atoms with Crippen LogP contribution in [0.25, 0.3) is 40.1 Å². The molecule has 6 aromatic carbocycles. The van der Waals surface area contributed by atoms with Crippen LogP contribution in [0.2, 0.25) is 0 Å². The van der Waals surface area contributed by atoms with Gasteiger partial charge in [-0.15, -0.1) is 0 Å². The average molecular weight is 1330 g/mol. The van der Waals surface area contributed by atoms with Crippen LogP contribution < -0.4 is 15.3 Å². The summed E-state index contributed by atoms with van der Waals surface area (Å²) in [4.78, 5) is 54.3. The summed E-state index contributed by atoms with van der Waals surface area (Å²) >= 11 is 0. The van der Waals surface area contributed by atoms with Gasteiger partial charge in [0.1, 0.15) is 11.4 Å². The third-order valence-corrected chi connectivity index (χ3v) is 17.0. The number of pyridine rings is 2. The van der Waals surface area contributed by atoms with Gasteiger partial charge in [-0.3, -0.25) is 34.3 Å². The number of rotatable bonds is 11. The van der Waals surface area contributed by atoms with E-state index in [1.807, 2.05) is 48.8 Å². The Morgan fingerprint density at radius 1 is 0.371 bits per heavy atom. The molecule has 4 bridgehead atoms. The van der Waals surface area contributed by atoms with E-state index < -0.39 is 0 Å². The molecule has 0 unspecified atom stereocenters. The molecule has 16 heteroatoms. The third kappa shape index (κ3) is 17.1. The molecule has 0 radical (unpaired) electrons. The van der Waals surface area contributed by atoms with Gasteiger partial charge in [-0.2, -0.15) is 0 Å². The van der Waals surface area contributed by atoms with Crippen molar-refractivity contribution in [3.8, 4) is 22.8 Å². The Bertz CT molecular complexity index is 3510. The molecule has 458 valence electrons. The molecule has 0 saturated heterocycles. The van der Waals surface area contributed by atoms with Crippen molar-refractivity contribution in [3.05, 3.63) is 293 Å². The second kappa shape index (κ2) is 32.8. The Morgan fingerprint density at radius 3 is 0.843 bits per heavy atom. The van der Waals surface area contributed by atoms with E-state index in [4.69, 9.17) is 19.9 Å². The van der Waals surface area contributed by atoms with Crippen LogP contribution in [0.4, 0.5) is 0 Å². The Morgan fingerprint density at radius 2 is 0.607 bits per heavy atom. The Balaban J connectivity index is 0.000000261. The Kier molecular flexibility index (Phi) is 27.0. The van der Waals surface area contributed by atoms with Crippen LogP contribution in [0.3, 0.4) is 0 Å². The number of hydrogen-bond donors (Lipinski definition) is 0. The van der Waals surface area contributed by atoms with Crippen LogP contribution in [0.1, 0.15) is 122 Å². The number of carbonyl (C=O) groups is 3. The van der Waals surface area contributed by atoms with Gasteiger partial charge >= 0.3 is 49.4 Å². The van der Waals surface area contributed by atoms with Crippen molar-refractivity contribution >= 4 is 34.6 Å². The molecular formula is C73H73EuN4O11. The van der Waals surface area contributed by atoms with Crippen molar-refractivity contribution < 1.29 is 106 Å². The van der Waals surface area contributed by atoms with E-state index in [0.717, 1.165) is 65.7 Å². The van der Waals surface area contributed by atoms with Crippen LogP contribution in [0, 0.1) is 72.0 Å². The van der Waals surface area contributed by atoms with Gasteiger partial charge in [0.05, 0.1) is 23.8 Å². The minimum absolute atomic E-state index is 0. The molecule has 3 aromatic heterocycles.